The number of rotatable bonds is 2. The lowest BCUT2D eigenvalue weighted by Gasteiger charge is -2.33. The molecule has 0 amide bonds. The number of fused-ring (bicyclic) bond motifs is 1. The van der Waals surface area contributed by atoms with E-state index in [9.17, 15) is 23.2 Å². The van der Waals surface area contributed by atoms with Gasteiger partial charge in [0.05, 0.1) is 11.3 Å². The van der Waals surface area contributed by atoms with Crippen LogP contribution >= 0.6 is 0 Å². The number of nitrogens with zero attached hydrogens (tertiary/aromatic N) is 1. The molecule has 1 unspecified atom stereocenters. The fourth-order valence-electron chi connectivity index (χ4n) is 2.09. The molecule has 1 aliphatic rings. The number of ketones is 2. The summed E-state index contributed by atoms with van der Waals surface area (Å²) in [6, 6.07) is -0.352. The summed E-state index contributed by atoms with van der Waals surface area (Å²) in [5.74, 6) is -6.25. The van der Waals surface area contributed by atoms with Crippen molar-refractivity contribution in [3.8, 4) is 0 Å². The minimum Gasteiger partial charge on any atom is -0.479 e. The maximum absolute atomic E-state index is 13.2. The van der Waals surface area contributed by atoms with Gasteiger partial charge in [0.2, 0.25) is 11.6 Å². The first-order valence-corrected chi connectivity index (χ1v) is 5.45. The Morgan fingerprint density at radius 2 is 1.89 bits per heavy atom. The molecule has 0 spiro atoms. The van der Waals surface area contributed by atoms with E-state index >= 15 is 0 Å². The van der Waals surface area contributed by atoms with E-state index in [4.69, 9.17) is 5.11 Å². The Balaban J connectivity index is 2.69. The molecule has 100 valence electrons. The van der Waals surface area contributed by atoms with Gasteiger partial charge in [0.1, 0.15) is 0 Å². The molecule has 0 aromatic heterocycles. The molecular formula is C12H9F2NO4. The van der Waals surface area contributed by atoms with Crippen molar-refractivity contribution >= 4 is 23.2 Å². The SMILES string of the molecule is CCN1c2cc(F)c(F)cc2C(=O)C(=O)C1C(=O)O. The van der Waals surface area contributed by atoms with Crippen molar-refractivity contribution in [1.82, 2.24) is 0 Å². The van der Waals surface area contributed by atoms with E-state index in [0.717, 1.165) is 11.0 Å². The molecule has 1 aromatic carbocycles. The third-order valence-corrected chi connectivity index (χ3v) is 2.95. The summed E-state index contributed by atoms with van der Waals surface area (Å²) in [6.45, 7) is 1.61. The van der Waals surface area contributed by atoms with Crippen LogP contribution in [0.1, 0.15) is 17.3 Å². The number of carbonyl (C=O) groups is 3. The smallest absolute Gasteiger partial charge is 0.334 e. The lowest BCUT2D eigenvalue weighted by molar-refractivity contribution is -0.141. The number of carboxylic acids is 1. The normalized spacial score (nSPS) is 18.5. The molecule has 1 aromatic rings. The van der Waals surface area contributed by atoms with Crippen LogP contribution in [0.25, 0.3) is 0 Å². The predicted octanol–water partition coefficient (Wildman–Crippen LogP) is 1.01. The molecule has 1 atom stereocenters. The van der Waals surface area contributed by atoms with Gasteiger partial charge < -0.3 is 10.0 Å². The van der Waals surface area contributed by atoms with Crippen molar-refractivity contribution < 1.29 is 28.3 Å². The maximum atomic E-state index is 13.2. The Labute approximate surface area is 106 Å². The van der Waals surface area contributed by atoms with E-state index in [0.29, 0.717) is 6.07 Å². The largest absolute Gasteiger partial charge is 0.479 e. The molecule has 0 fully saturated rings. The highest BCUT2D eigenvalue weighted by molar-refractivity contribution is 6.51. The number of likely N-dealkylation sites (N-methyl/N-ethyl adjacent to an activating group) is 1. The summed E-state index contributed by atoms with van der Waals surface area (Å²) in [5.41, 5.74) is -0.401. The quantitative estimate of drug-likeness (QED) is 0.640. The van der Waals surface area contributed by atoms with E-state index < -0.39 is 35.2 Å². The van der Waals surface area contributed by atoms with Crippen molar-refractivity contribution in [2.24, 2.45) is 0 Å². The fraction of sp³-hybridized carbons (Fsp3) is 0.250. The number of benzene rings is 1. The van der Waals surface area contributed by atoms with Gasteiger partial charge in [-0.05, 0) is 13.0 Å². The van der Waals surface area contributed by atoms with Gasteiger partial charge in [-0.2, -0.15) is 0 Å². The van der Waals surface area contributed by atoms with Crippen molar-refractivity contribution in [3.63, 3.8) is 0 Å². The number of carboxylic acid groups (broad SMARTS) is 1. The molecule has 0 aliphatic carbocycles. The van der Waals surface area contributed by atoms with Crippen LogP contribution in [0.4, 0.5) is 14.5 Å². The predicted molar refractivity (Wildman–Crippen MR) is 60.1 cm³/mol. The molecule has 1 heterocycles. The van der Waals surface area contributed by atoms with Gasteiger partial charge in [-0.3, -0.25) is 9.59 Å². The van der Waals surface area contributed by atoms with Gasteiger partial charge in [0.25, 0.3) is 0 Å². The van der Waals surface area contributed by atoms with Crippen LogP contribution in [-0.2, 0) is 9.59 Å². The van der Waals surface area contributed by atoms with Crippen molar-refractivity contribution in [1.29, 1.82) is 0 Å². The molecule has 0 radical (unpaired) electrons. The molecule has 0 saturated heterocycles. The van der Waals surface area contributed by atoms with Crippen LogP contribution < -0.4 is 4.90 Å². The Morgan fingerprint density at radius 1 is 1.32 bits per heavy atom. The maximum Gasteiger partial charge on any atom is 0.334 e. The minimum absolute atomic E-state index is 0.0636. The van der Waals surface area contributed by atoms with Crippen molar-refractivity contribution in [2.75, 3.05) is 11.4 Å². The second-order valence-electron chi connectivity index (χ2n) is 4.00. The van der Waals surface area contributed by atoms with E-state index in [1.807, 2.05) is 0 Å². The van der Waals surface area contributed by atoms with E-state index in [1.54, 1.807) is 6.92 Å². The van der Waals surface area contributed by atoms with Gasteiger partial charge in [0.15, 0.2) is 17.7 Å². The Morgan fingerprint density at radius 3 is 2.42 bits per heavy atom. The summed E-state index contributed by atoms with van der Waals surface area (Å²) in [7, 11) is 0. The van der Waals surface area contributed by atoms with E-state index in [-0.39, 0.29) is 17.8 Å². The fourth-order valence-corrected chi connectivity index (χ4v) is 2.09. The molecule has 5 nitrogen and oxygen atoms in total. The lowest BCUT2D eigenvalue weighted by Crippen LogP contribution is -2.53. The van der Waals surface area contributed by atoms with Crippen LogP contribution in [-0.4, -0.2) is 35.2 Å². The Kier molecular flexibility index (Phi) is 3.05. The number of halogens is 2. The molecule has 1 aliphatic heterocycles. The van der Waals surface area contributed by atoms with Crippen LogP contribution in [0.3, 0.4) is 0 Å². The summed E-state index contributed by atoms with van der Waals surface area (Å²) >= 11 is 0. The summed E-state index contributed by atoms with van der Waals surface area (Å²) < 4.78 is 26.3. The summed E-state index contributed by atoms with van der Waals surface area (Å²) in [4.78, 5) is 35.6. The molecule has 0 bridgehead atoms. The Hall–Kier alpha value is -2.31. The molecule has 1 N–H and O–H groups in total. The van der Waals surface area contributed by atoms with Gasteiger partial charge in [0, 0.05) is 12.6 Å². The summed E-state index contributed by atoms with van der Waals surface area (Å²) in [5, 5.41) is 8.99. The number of Topliss-reactive ketones (excluding diaryl/α,β-unsaturated/α-hetero) is 2. The topological polar surface area (TPSA) is 74.7 Å². The number of carbonyl (C=O) groups excluding carboxylic acids is 2. The molecule has 19 heavy (non-hydrogen) atoms. The summed E-state index contributed by atoms with van der Waals surface area (Å²) in [6.07, 6.45) is 0. The zero-order chi connectivity index (χ0) is 14.3. The minimum atomic E-state index is -1.70. The average molecular weight is 269 g/mol. The number of hydrogen-bond acceptors (Lipinski definition) is 4. The molecular weight excluding hydrogens is 260 g/mol. The van der Waals surface area contributed by atoms with Crippen LogP contribution in [0.5, 0.6) is 0 Å². The average Bonchev–Trinajstić information content (AvgIpc) is 2.35. The highest BCUT2D eigenvalue weighted by Gasteiger charge is 2.43. The first kappa shape index (κ1) is 13.1. The van der Waals surface area contributed by atoms with Crippen molar-refractivity contribution in [2.45, 2.75) is 13.0 Å². The third-order valence-electron chi connectivity index (χ3n) is 2.95. The monoisotopic (exact) mass is 269 g/mol. The zero-order valence-electron chi connectivity index (χ0n) is 9.81. The van der Waals surface area contributed by atoms with Crippen molar-refractivity contribution in [3.05, 3.63) is 29.3 Å². The number of aliphatic carboxylic acids is 1. The Bertz CT molecular complexity index is 600. The first-order chi connectivity index (χ1) is 8.88. The molecule has 2 rings (SSSR count). The first-order valence-electron chi connectivity index (χ1n) is 5.45. The van der Waals surface area contributed by atoms with Gasteiger partial charge >= 0.3 is 5.97 Å². The highest BCUT2D eigenvalue weighted by Crippen LogP contribution is 2.31. The third kappa shape index (κ3) is 1.87. The van der Waals surface area contributed by atoms with E-state index in [2.05, 4.69) is 0 Å². The van der Waals surface area contributed by atoms with Gasteiger partial charge in [-0.1, -0.05) is 0 Å². The lowest BCUT2D eigenvalue weighted by atomic mass is 9.93. The van der Waals surface area contributed by atoms with Gasteiger partial charge in [-0.15, -0.1) is 0 Å². The molecule has 7 heteroatoms. The second kappa shape index (κ2) is 4.42. The van der Waals surface area contributed by atoms with Crippen LogP contribution in [0.2, 0.25) is 0 Å². The van der Waals surface area contributed by atoms with Gasteiger partial charge in [-0.25, -0.2) is 13.6 Å². The van der Waals surface area contributed by atoms with E-state index in [1.165, 1.54) is 0 Å². The molecule has 0 saturated carbocycles. The zero-order valence-corrected chi connectivity index (χ0v) is 9.81. The van der Waals surface area contributed by atoms with Crippen LogP contribution in [0, 0.1) is 11.6 Å². The van der Waals surface area contributed by atoms with Crippen LogP contribution in [0.15, 0.2) is 12.1 Å². The number of hydrogen-bond donors (Lipinski definition) is 1. The standard InChI is InChI=1S/C12H9F2NO4/c1-2-15-8-4-7(14)6(13)3-5(8)10(16)11(17)9(15)12(18)19/h3-4,9H,2H2,1H3,(H,18,19). The highest BCUT2D eigenvalue weighted by atomic mass is 19.2. The second-order valence-corrected chi connectivity index (χ2v) is 4.00. The number of anilines is 1.